The van der Waals surface area contributed by atoms with Gasteiger partial charge in [0.25, 0.3) is 5.91 Å². The third-order valence-corrected chi connectivity index (χ3v) is 6.83. The van der Waals surface area contributed by atoms with Crippen LogP contribution in [0.25, 0.3) is 0 Å². The Morgan fingerprint density at radius 3 is 2.41 bits per heavy atom. The van der Waals surface area contributed by atoms with Gasteiger partial charge in [-0.3, -0.25) is 19.3 Å². The molecule has 0 saturated carbocycles. The quantitative estimate of drug-likeness (QED) is 0.723. The van der Waals surface area contributed by atoms with Crippen LogP contribution in [0, 0.1) is 5.41 Å². The Hall–Kier alpha value is -2.51. The Kier molecular flexibility index (Phi) is 3.83. The monoisotopic (exact) mass is 454 g/mol. The number of halogens is 1. The molecule has 3 unspecified atom stereocenters. The lowest BCUT2D eigenvalue weighted by molar-refractivity contribution is -0.151. The molecule has 3 heterocycles. The number of nitrogens with zero attached hydrogens (tertiary/aromatic N) is 1. The number of hydrogen-bond acceptors (Lipinski definition) is 4. The molecule has 0 aliphatic carbocycles. The third-order valence-electron chi connectivity index (χ3n) is 6.30. The van der Waals surface area contributed by atoms with Crippen LogP contribution in [0.4, 0.5) is 0 Å². The largest absolute Gasteiger partial charge is 0.334 e. The van der Waals surface area contributed by atoms with Crippen molar-refractivity contribution in [2.45, 2.75) is 37.6 Å². The van der Waals surface area contributed by atoms with E-state index in [-0.39, 0.29) is 37.1 Å². The SMILES string of the molecule is CC12CC3(CC(=O)N(Cc4ccc(Br)cc4)C3=O)C(c3ccccc3)(NC1=O)O2. The van der Waals surface area contributed by atoms with Gasteiger partial charge in [-0.2, -0.15) is 0 Å². The molecular weight excluding hydrogens is 436 g/mol. The van der Waals surface area contributed by atoms with E-state index < -0.39 is 16.7 Å². The summed E-state index contributed by atoms with van der Waals surface area (Å²) in [6.07, 6.45) is 0.190. The van der Waals surface area contributed by atoms with E-state index in [1.807, 2.05) is 54.6 Å². The number of carbonyl (C=O) groups is 3. The number of carbonyl (C=O) groups excluding carboxylic acids is 3. The van der Waals surface area contributed by atoms with Crippen molar-refractivity contribution in [1.29, 1.82) is 0 Å². The highest BCUT2D eigenvalue weighted by molar-refractivity contribution is 9.10. The summed E-state index contributed by atoms with van der Waals surface area (Å²) in [6, 6.07) is 16.7. The van der Waals surface area contributed by atoms with Gasteiger partial charge in [0.05, 0.1) is 6.54 Å². The van der Waals surface area contributed by atoms with Crippen LogP contribution in [-0.2, 0) is 31.4 Å². The molecule has 3 amide bonds. The third kappa shape index (κ3) is 2.40. The van der Waals surface area contributed by atoms with E-state index in [2.05, 4.69) is 21.2 Å². The van der Waals surface area contributed by atoms with Gasteiger partial charge in [0.2, 0.25) is 11.8 Å². The second-order valence-electron chi connectivity index (χ2n) is 8.18. The molecule has 3 aliphatic heterocycles. The van der Waals surface area contributed by atoms with Gasteiger partial charge in [0, 0.05) is 22.9 Å². The number of rotatable bonds is 3. The smallest absolute Gasteiger partial charge is 0.254 e. The molecule has 2 aromatic carbocycles. The molecule has 3 atom stereocenters. The number of imide groups is 1. The zero-order valence-corrected chi connectivity index (χ0v) is 17.4. The van der Waals surface area contributed by atoms with Gasteiger partial charge in [-0.05, 0) is 24.6 Å². The number of nitrogens with one attached hydrogen (secondary N) is 1. The Bertz CT molecular complexity index is 1040. The molecule has 29 heavy (non-hydrogen) atoms. The minimum absolute atomic E-state index is 0.00707. The van der Waals surface area contributed by atoms with E-state index in [1.165, 1.54) is 4.90 Å². The molecule has 0 radical (unpaired) electrons. The number of ether oxygens (including phenoxy) is 1. The second-order valence-corrected chi connectivity index (χ2v) is 9.10. The zero-order chi connectivity index (χ0) is 20.4. The predicted octanol–water partition coefficient (Wildman–Crippen LogP) is 2.86. The molecule has 3 saturated heterocycles. The van der Waals surface area contributed by atoms with Crippen molar-refractivity contribution >= 4 is 33.7 Å². The molecule has 1 spiro atoms. The Morgan fingerprint density at radius 2 is 1.76 bits per heavy atom. The molecule has 0 aromatic heterocycles. The first-order valence-electron chi connectivity index (χ1n) is 9.47. The van der Waals surface area contributed by atoms with Crippen LogP contribution >= 0.6 is 15.9 Å². The first-order valence-corrected chi connectivity index (χ1v) is 10.3. The average Bonchev–Trinajstić information content (AvgIpc) is 3.22. The van der Waals surface area contributed by atoms with Gasteiger partial charge in [0.15, 0.2) is 5.72 Å². The Morgan fingerprint density at radius 1 is 1.07 bits per heavy atom. The lowest BCUT2D eigenvalue weighted by Crippen LogP contribution is -2.59. The van der Waals surface area contributed by atoms with Crippen LogP contribution in [0.15, 0.2) is 59.1 Å². The van der Waals surface area contributed by atoms with Gasteiger partial charge in [-0.25, -0.2) is 0 Å². The highest BCUT2D eigenvalue weighted by atomic mass is 79.9. The summed E-state index contributed by atoms with van der Waals surface area (Å²) in [5, 5.41) is 2.93. The van der Waals surface area contributed by atoms with E-state index in [4.69, 9.17) is 4.74 Å². The number of amides is 3. The van der Waals surface area contributed by atoms with Crippen LogP contribution in [0.3, 0.4) is 0 Å². The normalized spacial score (nSPS) is 33.0. The van der Waals surface area contributed by atoms with Crippen molar-refractivity contribution in [3.05, 3.63) is 70.2 Å². The summed E-state index contributed by atoms with van der Waals surface area (Å²) in [4.78, 5) is 40.6. The standard InChI is InChI=1S/C22H19BrN2O4/c1-20-13-21(22(29-20,24-18(20)27)15-5-3-2-4-6-15)11-17(26)25(19(21)28)12-14-7-9-16(23)10-8-14/h2-10H,11-13H2,1H3,(H,24,27). The number of fused-ring (bicyclic) bond motifs is 3. The molecule has 148 valence electrons. The first-order chi connectivity index (χ1) is 13.8. The van der Waals surface area contributed by atoms with Crippen molar-refractivity contribution in [3.8, 4) is 0 Å². The highest BCUT2D eigenvalue weighted by Gasteiger charge is 2.78. The summed E-state index contributed by atoms with van der Waals surface area (Å²) in [7, 11) is 0. The van der Waals surface area contributed by atoms with Crippen LogP contribution in [0.1, 0.15) is 30.9 Å². The van der Waals surface area contributed by atoms with Gasteiger partial charge in [-0.1, -0.05) is 58.4 Å². The molecule has 7 heteroatoms. The fourth-order valence-corrected chi connectivity index (χ4v) is 5.23. The maximum absolute atomic E-state index is 13.7. The van der Waals surface area contributed by atoms with Crippen molar-refractivity contribution in [2.75, 3.05) is 0 Å². The molecule has 3 fully saturated rings. The van der Waals surface area contributed by atoms with Crippen molar-refractivity contribution in [3.63, 3.8) is 0 Å². The lowest BCUT2D eigenvalue weighted by atomic mass is 9.67. The summed E-state index contributed by atoms with van der Waals surface area (Å²) < 4.78 is 7.18. The van der Waals surface area contributed by atoms with Gasteiger partial charge >= 0.3 is 0 Å². The van der Waals surface area contributed by atoms with Crippen LogP contribution in [0.5, 0.6) is 0 Å². The topological polar surface area (TPSA) is 75.7 Å². The Balaban J connectivity index is 1.57. The molecule has 3 aliphatic rings. The van der Waals surface area contributed by atoms with Gasteiger partial charge in [-0.15, -0.1) is 0 Å². The summed E-state index contributed by atoms with van der Waals surface area (Å²) >= 11 is 3.39. The predicted molar refractivity (Wildman–Crippen MR) is 107 cm³/mol. The highest BCUT2D eigenvalue weighted by Crippen LogP contribution is 2.63. The van der Waals surface area contributed by atoms with E-state index in [9.17, 15) is 14.4 Å². The van der Waals surface area contributed by atoms with Crippen LogP contribution < -0.4 is 5.32 Å². The first kappa shape index (κ1) is 18.5. The maximum atomic E-state index is 13.7. The molecule has 5 rings (SSSR count). The van der Waals surface area contributed by atoms with Crippen LogP contribution in [0.2, 0.25) is 0 Å². The van der Waals surface area contributed by atoms with Crippen molar-refractivity contribution in [2.24, 2.45) is 5.41 Å². The summed E-state index contributed by atoms with van der Waals surface area (Å²) in [5.41, 5.74) is -2.08. The molecule has 2 aromatic rings. The van der Waals surface area contributed by atoms with Gasteiger partial charge < -0.3 is 10.1 Å². The van der Waals surface area contributed by atoms with E-state index in [0.29, 0.717) is 5.56 Å². The van der Waals surface area contributed by atoms with Crippen molar-refractivity contribution in [1.82, 2.24) is 10.2 Å². The maximum Gasteiger partial charge on any atom is 0.254 e. The number of piperidine rings is 1. The molecule has 1 N–H and O–H groups in total. The van der Waals surface area contributed by atoms with E-state index in [0.717, 1.165) is 10.0 Å². The summed E-state index contributed by atoms with van der Waals surface area (Å²) in [6.45, 7) is 1.89. The molecule has 6 nitrogen and oxygen atoms in total. The van der Waals surface area contributed by atoms with E-state index in [1.54, 1.807) is 6.92 Å². The second kappa shape index (κ2) is 6.00. The number of hydrogen-bond donors (Lipinski definition) is 1. The average molecular weight is 455 g/mol. The fourth-order valence-electron chi connectivity index (χ4n) is 4.96. The number of likely N-dealkylation sites (tertiary alicyclic amines) is 1. The lowest BCUT2D eigenvalue weighted by Gasteiger charge is -2.40. The van der Waals surface area contributed by atoms with Gasteiger partial charge in [0.1, 0.15) is 11.0 Å². The fraction of sp³-hybridized carbons (Fsp3) is 0.318. The zero-order valence-electron chi connectivity index (χ0n) is 15.8. The van der Waals surface area contributed by atoms with E-state index >= 15 is 0 Å². The van der Waals surface area contributed by atoms with Crippen LogP contribution in [-0.4, -0.2) is 28.2 Å². The molecule has 2 bridgehead atoms. The minimum atomic E-state index is -1.33. The Labute approximate surface area is 176 Å². The molecular formula is C22H19BrN2O4. The minimum Gasteiger partial charge on any atom is -0.334 e. The number of benzene rings is 2. The summed E-state index contributed by atoms with van der Waals surface area (Å²) in [5.74, 6) is -0.793. The van der Waals surface area contributed by atoms with Crippen molar-refractivity contribution < 1.29 is 19.1 Å².